The lowest BCUT2D eigenvalue weighted by atomic mass is 9.96. The van der Waals surface area contributed by atoms with Crippen LogP contribution in [0.2, 0.25) is 0 Å². The number of furan rings is 1. The van der Waals surface area contributed by atoms with Crippen molar-refractivity contribution in [3.05, 3.63) is 89.4 Å². The first-order chi connectivity index (χ1) is 14.2. The Morgan fingerprint density at radius 3 is 2.66 bits per heavy atom. The van der Waals surface area contributed by atoms with Gasteiger partial charge in [0.05, 0.1) is 18.4 Å². The average molecular weight is 386 g/mol. The highest BCUT2D eigenvalue weighted by Gasteiger charge is 2.44. The molecule has 4 nitrogen and oxygen atoms in total. The first-order valence-electron chi connectivity index (χ1n) is 10.4. The fraction of sp³-hybridized carbons (Fsp3) is 0.320. The molecular weight excluding hydrogens is 360 g/mol. The van der Waals surface area contributed by atoms with Crippen LogP contribution in [-0.2, 0) is 18.4 Å². The largest absolute Gasteiger partial charge is 0.467 e. The monoisotopic (exact) mass is 386 g/mol. The molecule has 1 aromatic heterocycles. The maximum absolute atomic E-state index is 12.9. The van der Waals surface area contributed by atoms with E-state index in [0.717, 1.165) is 25.0 Å². The summed E-state index contributed by atoms with van der Waals surface area (Å²) < 4.78 is 5.74. The normalized spacial score (nSPS) is 19.1. The zero-order valence-corrected chi connectivity index (χ0v) is 16.7. The molecule has 29 heavy (non-hydrogen) atoms. The van der Waals surface area contributed by atoms with Crippen LogP contribution in [-0.4, -0.2) is 18.5 Å². The molecule has 148 valence electrons. The predicted octanol–water partition coefficient (Wildman–Crippen LogP) is 4.69. The highest BCUT2D eigenvalue weighted by Crippen LogP contribution is 2.47. The summed E-state index contributed by atoms with van der Waals surface area (Å²) in [6, 6.07) is 21.2. The van der Waals surface area contributed by atoms with Crippen LogP contribution in [0.4, 0.5) is 5.69 Å². The van der Waals surface area contributed by atoms with Crippen LogP contribution in [0, 0.1) is 0 Å². The van der Waals surface area contributed by atoms with Crippen molar-refractivity contribution in [2.75, 3.05) is 11.4 Å². The van der Waals surface area contributed by atoms with Gasteiger partial charge in [-0.2, -0.15) is 0 Å². The molecule has 0 saturated heterocycles. The van der Waals surface area contributed by atoms with E-state index in [4.69, 9.17) is 4.42 Å². The van der Waals surface area contributed by atoms with Gasteiger partial charge in [0.2, 0.25) is 0 Å². The average Bonchev–Trinajstić information content (AvgIpc) is 3.29. The summed E-state index contributed by atoms with van der Waals surface area (Å²) in [6.07, 6.45) is 4.90. The highest BCUT2D eigenvalue weighted by atomic mass is 16.3. The molecule has 1 amide bonds. The Kier molecular flexibility index (Phi) is 4.42. The van der Waals surface area contributed by atoms with Gasteiger partial charge < -0.3 is 14.6 Å². The molecule has 3 aromatic rings. The number of amides is 1. The number of hydrogen-bond acceptors (Lipinski definition) is 3. The summed E-state index contributed by atoms with van der Waals surface area (Å²) in [5.41, 5.74) is 4.66. The molecule has 2 aromatic carbocycles. The van der Waals surface area contributed by atoms with E-state index in [9.17, 15) is 4.79 Å². The van der Waals surface area contributed by atoms with Gasteiger partial charge in [0.1, 0.15) is 5.76 Å². The van der Waals surface area contributed by atoms with E-state index in [0.29, 0.717) is 24.7 Å². The molecule has 2 aliphatic rings. The third-order valence-electron chi connectivity index (χ3n) is 6.48. The van der Waals surface area contributed by atoms with E-state index < -0.39 is 0 Å². The molecule has 0 spiro atoms. The third kappa shape index (κ3) is 3.33. The summed E-state index contributed by atoms with van der Waals surface area (Å²) in [5.74, 6) is 0.687. The Morgan fingerprint density at radius 2 is 1.86 bits per heavy atom. The minimum absolute atomic E-state index is 0.0453. The number of nitrogens with one attached hydrogen (secondary N) is 1. The molecule has 0 bridgehead atoms. The zero-order chi connectivity index (χ0) is 19.8. The summed E-state index contributed by atoms with van der Waals surface area (Å²) in [6.45, 7) is 3.50. The van der Waals surface area contributed by atoms with Gasteiger partial charge in [-0.15, -0.1) is 0 Å². The minimum Gasteiger partial charge on any atom is -0.467 e. The molecule has 1 saturated carbocycles. The molecule has 1 aliphatic heterocycles. The van der Waals surface area contributed by atoms with Gasteiger partial charge in [-0.3, -0.25) is 4.79 Å². The molecule has 1 aliphatic carbocycles. The van der Waals surface area contributed by atoms with Crippen molar-refractivity contribution < 1.29 is 9.21 Å². The molecule has 1 fully saturated rings. The number of benzene rings is 2. The van der Waals surface area contributed by atoms with E-state index >= 15 is 0 Å². The highest BCUT2D eigenvalue weighted by molar-refractivity contribution is 5.95. The first kappa shape index (κ1) is 18.0. The second kappa shape index (κ2) is 7.11. The van der Waals surface area contributed by atoms with E-state index in [1.54, 1.807) is 12.3 Å². The summed E-state index contributed by atoms with van der Waals surface area (Å²) in [5, 5.41) is 3.16. The molecule has 2 heterocycles. The SMILES string of the molecule is CC1Cc2ccccc2N1Cc1occc1C(=O)NCC1(c2ccccc2)CC1. The number of carbonyl (C=O) groups is 1. The number of anilines is 1. The first-order valence-corrected chi connectivity index (χ1v) is 10.4. The smallest absolute Gasteiger partial charge is 0.254 e. The maximum atomic E-state index is 12.9. The number of rotatable bonds is 6. The van der Waals surface area contributed by atoms with Gasteiger partial charge in [-0.05, 0) is 49.4 Å². The fourth-order valence-corrected chi connectivity index (χ4v) is 4.55. The molecule has 0 radical (unpaired) electrons. The minimum atomic E-state index is -0.0453. The fourth-order valence-electron chi connectivity index (χ4n) is 4.55. The predicted molar refractivity (Wildman–Crippen MR) is 114 cm³/mol. The topological polar surface area (TPSA) is 45.5 Å². The summed E-state index contributed by atoms with van der Waals surface area (Å²) in [7, 11) is 0. The standard InChI is InChI=1S/C25H26N2O2/c1-18-15-19-7-5-6-10-22(19)27(18)16-23-21(11-14-29-23)24(28)26-17-25(12-13-25)20-8-3-2-4-9-20/h2-11,14,18H,12-13,15-17H2,1H3,(H,26,28). The number of fused-ring (bicyclic) bond motifs is 1. The number of carbonyl (C=O) groups excluding carboxylic acids is 1. The van der Waals surface area contributed by atoms with Crippen molar-refractivity contribution in [3.8, 4) is 0 Å². The van der Waals surface area contributed by atoms with Crippen molar-refractivity contribution in [3.63, 3.8) is 0 Å². The lowest BCUT2D eigenvalue weighted by Gasteiger charge is -2.24. The molecule has 1 N–H and O–H groups in total. The third-order valence-corrected chi connectivity index (χ3v) is 6.48. The Bertz CT molecular complexity index is 1020. The Labute approximate surface area is 171 Å². The number of para-hydroxylation sites is 1. The Morgan fingerprint density at radius 1 is 1.10 bits per heavy atom. The van der Waals surface area contributed by atoms with Gasteiger partial charge >= 0.3 is 0 Å². The Hall–Kier alpha value is -3.01. The van der Waals surface area contributed by atoms with Crippen LogP contribution in [0.5, 0.6) is 0 Å². The number of hydrogen-bond donors (Lipinski definition) is 1. The van der Waals surface area contributed by atoms with Gasteiger partial charge in [-0.25, -0.2) is 0 Å². The van der Waals surface area contributed by atoms with Crippen molar-refractivity contribution in [2.24, 2.45) is 0 Å². The van der Waals surface area contributed by atoms with Crippen LogP contribution < -0.4 is 10.2 Å². The van der Waals surface area contributed by atoms with Gasteiger partial charge in [-0.1, -0.05) is 48.5 Å². The zero-order valence-electron chi connectivity index (χ0n) is 16.7. The molecule has 4 heteroatoms. The van der Waals surface area contributed by atoms with Crippen molar-refractivity contribution in [1.29, 1.82) is 0 Å². The Balaban J connectivity index is 1.29. The van der Waals surface area contributed by atoms with Crippen molar-refractivity contribution in [1.82, 2.24) is 5.32 Å². The van der Waals surface area contributed by atoms with E-state index in [1.165, 1.54) is 16.8 Å². The van der Waals surface area contributed by atoms with Crippen LogP contribution >= 0.6 is 0 Å². The lowest BCUT2D eigenvalue weighted by molar-refractivity contribution is 0.0947. The molecule has 1 atom stereocenters. The number of nitrogens with zero attached hydrogens (tertiary/aromatic N) is 1. The van der Waals surface area contributed by atoms with Gasteiger partial charge in [0, 0.05) is 23.7 Å². The maximum Gasteiger partial charge on any atom is 0.254 e. The van der Waals surface area contributed by atoms with Gasteiger partial charge in [0.15, 0.2) is 0 Å². The summed E-state index contributed by atoms with van der Waals surface area (Å²) >= 11 is 0. The van der Waals surface area contributed by atoms with Crippen molar-refractivity contribution >= 4 is 11.6 Å². The second-order valence-electron chi connectivity index (χ2n) is 8.40. The summed E-state index contributed by atoms with van der Waals surface area (Å²) in [4.78, 5) is 15.3. The van der Waals surface area contributed by atoms with Crippen LogP contribution in [0.25, 0.3) is 0 Å². The molecular formula is C25H26N2O2. The second-order valence-corrected chi connectivity index (χ2v) is 8.40. The van der Waals surface area contributed by atoms with Crippen LogP contribution in [0.1, 0.15) is 47.0 Å². The molecule has 1 unspecified atom stereocenters. The van der Waals surface area contributed by atoms with E-state index in [1.807, 2.05) is 6.07 Å². The van der Waals surface area contributed by atoms with E-state index in [-0.39, 0.29) is 11.3 Å². The van der Waals surface area contributed by atoms with Gasteiger partial charge in [0.25, 0.3) is 5.91 Å². The van der Waals surface area contributed by atoms with E-state index in [2.05, 4.69) is 65.7 Å². The van der Waals surface area contributed by atoms with Crippen LogP contribution in [0.3, 0.4) is 0 Å². The quantitative estimate of drug-likeness (QED) is 0.668. The van der Waals surface area contributed by atoms with Crippen LogP contribution in [0.15, 0.2) is 71.3 Å². The van der Waals surface area contributed by atoms with Crippen molar-refractivity contribution in [2.45, 2.75) is 44.2 Å². The lowest BCUT2D eigenvalue weighted by Crippen LogP contribution is -2.33. The molecule has 5 rings (SSSR count).